The fraction of sp³-hybridized carbons (Fsp3) is 0.526. The Bertz CT molecular complexity index is 761. The van der Waals surface area contributed by atoms with Crippen molar-refractivity contribution in [3.05, 3.63) is 36.0 Å². The van der Waals surface area contributed by atoms with Crippen molar-refractivity contribution in [2.24, 2.45) is 0 Å². The second-order valence-corrected chi connectivity index (χ2v) is 7.82. The maximum absolute atomic E-state index is 13.3. The minimum absolute atomic E-state index is 0.0436. The molecule has 0 saturated carbocycles. The first-order chi connectivity index (χ1) is 12.3. The van der Waals surface area contributed by atoms with Gasteiger partial charge in [-0.1, -0.05) is 17.3 Å². The lowest BCUT2D eigenvalue weighted by molar-refractivity contribution is -0.123. The van der Waals surface area contributed by atoms with Gasteiger partial charge in [0.25, 0.3) is 0 Å². The van der Waals surface area contributed by atoms with Crippen LogP contribution in [0.4, 0.5) is 4.39 Å². The zero-order valence-corrected chi connectivity index (χ0v) is 15.5. The van der Waals surface area contributed by atoms with Gasteiger partial charge in [0, 0.05) is 17.0 Å². The van der Waals surface area contributed by atoms with Crippen LogP contribution in [0.5, 0.6) is 0 Å². The molecule has 1 N–H and O–H groups in total. The maximum Gasteiger partial charge on any atom is 0.234 e. The van der Waals surface area contributed by atoms with E-state index in [0.717, 1.165) is 25.9 Å². The normalized spacial score (nSPS) is 16.6. The predicted octanol–water partition coefficient (Wildman–Crippen LogP) is 2.97. The third-order valence-electron chi connectivity index (χ3n) is 4.34. The van der Waals surface area contributed by atoms with Crippen LogP contribution in [0.3, 0.4) is 0 Å². The van der Waals surface area contributed by atoms with Crippen LogP contribution in [0.2, 0.25) is 0 Å². The van der Waals surface area contributed by atoms with E-state index in [4.69, 9.17) is 4.52 Å². The molecule has 1 fully saturated rings. The van der Waals surface area contributed by atoms with Gasteiger partial charge in [-0.05, 0) is 58.8 Å². The fourth-order valence-electron chi connectivity index (χ4n) is 3.14. The third-order valence-corrected chi connectivity index (χ3v) is 4.34. The Labute approximate surface area is 152 Å². The first-order valence-corrected chi connectivity index (χ1v) is 8.93. The molecule has 1 aromatic heterocycles. The molecule has 0 radical (unpaired) electrons. The average molecular weight is 360 g/mol. The van der Waals surface area contributed by atoms with Gasteiger partial charge >= 0.3 is 0 Å². The van der Waals surface area contributed by atoms with Gasteiger partial charge in [0.2, 0.25) is 17.6 Å². The van der Waals surface area contributed by atoms with Gasteiger partial charge in [-0.25, -0.2) is 4.39 Å². The van der Waals surface area contributed by atoms with Crippen LogP contribution in [-0.4, -0.2) is 46.1 Å². The molecule has 6 nitrogen and oxygen atoms in total. The van der Waals surface area contributed by atoms with Gasteiger partial charge in [0.1, 0.15) is 5.82 Å². The van der Waals surface area contributed by atoms with E-state index < -0.39 is 0 Å². The Kier molecular flexibility index (Phi) is 5.36. The highest BCUT2D eigenvalue weighted by Gasteiger charge is 2.27. The molecule has 2 aromatic rings. The van der Waals surface area contributed by atoms with Crippen LogP contribution in [0.1, 0.15) is 45.4 Å². The summed E-state index contributed by atoms with van der Waals surface area (Å²) in [5.74, 6) is 0.888. The minimum atomic E-state index is -0.323. The molecular formula is C19H25FN4O2. The third kappa shape index (κ3) is 4.88. The predicted molar refractivity (Wildman–Crippen MR) is 96.0 cm³/mol. The van der Waals surface area contributed by atoms with Crippen LogP contribution >= 0.6 is 0 Å². The van der Waals surface area contributed by atoms with Crippen LogP contribution in [0.15, 0.2) is 28.8 Å². The van der Waals surface area contributed by atoms with Crippen molar-refractivity contribution in [1.82, 2.24) is 20.4 Å². The Morgan fingerprint density at radius 3 is 2.73 bits per heavy atom. The minimum Gasteiger partial charge on any atom is -0.350 e. The van der Waals surface area contributed by atoms with Gasteiger partial charge < -0.3 is 9.84 Å². The van der Waals surface area contributed by atoms with Gasteiger partial charge in [-0.3, -0.25) is 9.69 Å². The zero-order valence-electron chi connectivity index (χ0n) is 15.5. The summed E-state index contributed by atoms with van der Waals surface area (Å²) in [6.45, 7) is 7.94. The molecule has 0 aliphatic carbocycles. The van der Waals surface area contributed by atoms with Crippen molar-refractivity contribution in [1.29, 1.82) is 0 Å². The van der Waals surface area contributed by atoms with E-state index in [0.29, 0.717) is 23.8 Å². The molecule has 3 rings (SSSR count). The lowest BCUT2D eigenvalue weighted by atomic mass is 9.96. The first-order valence-electron chi connectivity index (χ1n) is 8.93. The highest BCUT2D eigenvalue weighted by atomic mass is 19.1. The summed E-state index contributed by atoms with van der Waals surface area (Å²) >= 11 is 0. The lowest BCUT2D eigenvalue weighted by Crippen LogP contribution is -2.47. The molecule has 0 unspecified atom stereocenters. The molecule has 1 amide bonds. The summed E-state index contributed by atoms with van der Waals surface area (Å²) in [6.07, 6.45) is 1.71. The molecular weight excluding hydrogens is 335 g/mol. The van der Waals surface area contributed by atoms with Crippen molar-refractivity contribution in [3.8, 4) is 11.4 Å². The Morgan fingerprint density at radius 2 is 2.08 bits per heavy atom. The Hall–Kier alpha value is -2.28. The van der Waals surface area contributed by atoms with Gasteiger partial charge in [-0.2, -0.15) is 4.98 Å². The number of nitrogens with zero attached hydrogens (tertiary/aromatic N) is 3. The molecule has 1 aliphatic heterocycles. The highest BCUT2D eigenvalue weighted by molar-refractivity contribution is 5.78. The summed E-state index contributed by atoms with van der Waals surface area (Å²) < 4.78 is 18.7. The number of amides is 1. The number of likely N-dealkylation sites (tertiary alicyclic amines) is 1. The molecule has 1 saturated heterocycles. The van der Waals surface area contributed by atoms with E-state index in [1.807, 2.05) is 20.8 Å². The number of nitrogens with one attached hydrogen (secondary N) is 1. The summed E-state index contributed by atoms with van der Waals surface area (Å²) in [5, 5.41) is 6.96. The summed E-state index contributed by atoms with van der Waals surface area (Å²) in [7, 11) is 0. The lowest BCUT2D eigenvalue weighted by Gasteiger charge is -2.31. The largest absolute Gasteiger partial charge is 0.350 e. The zero-order chi connectivity index (χ0) is 18.7. The smallest absolute Gasteiger partial charge is 0.234 e. The van der Waals surface area contributed by atoms with Crippen LogP contribution < -0.4 is 5.32 Å². The van der Waals surface area contributed by atoms with E-state index >= 15 is 0 Å². The van der Waals surface area contributed by atoms with E-state index in [1.54, 1.807) is 12.1 Å². The van der Waals surface area contributed by atoms with Crippen LogP contribution in [-0.2, 0) is 4.79 Å². The van der Waals surface area contributed by atoms with E-state index in [-0.39, 0.29) is 23.2 Å². The average Bonchev–Trinajstić information content (AvgIpc) is 3.04. The fourth-order valence-corrected chi connectivity index (χ4v) is 3.14. The molecule has 1 aliphatic rings. The summed E-state index contributed by atoms with van der Waals surface area (Å²) in [6, 6.07) is 6.16. The monoisotopic (exact) mass is 360 g/mol. The van der Waals surface area contributed by atoms with E-state index in [1.165, 1.54) is 12.1 Å². The van der Waals surface area contributed by atoms with Crippen molar-refractivity contribution in [3.63, 3.8) is 0 Å². The Balaban J connectivity index is 1.55. The van der Waals surface area contributed by atoms with E-state index in [9.17, 15) is 9.18 Å². The number of carbonyl (C=O) groups is 1. The Morgan fingerprint density at radius 1 is 1.35 bits per heavy atom. The number of benzene rings is 1. The quantitative estimate of drug-likeness (QED) is 0.908. The molecule has 0 bridgehead atoms. The molecule has 26 heavy (non-hydrogen) atoms. The van der Waals surface area contributed by atoms with Gasteiger partial charge in [0.05, 0.1) is 6.54 Å². The van der Waals surface area contributed by atoms with Gasteiger partial charge in [0.15, 0.2) is 0 Å². The standard InChI is InChI=1S/C19H25FN4O2/c1-19(2,3)22-16(25)12-24-9-7-13(8-10-24)18-21-17(23-26-18)14-5-4-6-15(20)11-14/h4-6,11,13H,7-10,12H2,1-3H3,(H,22,25). The highest BCUT2D eigenvalue weighted by Crippen LogP contribution is 2.28. The van der Waals surface area contributed by atoms with Crippen LogP contribution in [0, 0.1) is 5.82 Å². The number of piperidine rings is 1. The molecule has 2 heterocycles. The van der Waals surface area contributed by atoms with Gasteiger partial charge in [-0.15, -0.1) is 0 Å². The summed E-state index contributed by atoms with van der Waals surface area (Å²) in [4.78, 5) is 18.6. The second-order valence-electron chi connectivity index (χ2n) is 7.82. The van der Waals surface area contributed by atoms with Crippen molar-refractivity contribution >= 4 is 5.91 Å². The van der Waals surface area contributed by atoms with Crippen LogP contribution in [0.25, 0.3) is 11.4 Å². The summed E-state index contributed by atoms with van der Waals surface area (Å²) in [5.41, 5.74) is 0.392. The van der Waals surface area contributed by atoms with E-state index in [2.05, 4.69) is 20.4 Å². The number of hydrogen-bond donors (Lipinski definition) is 1. The SMILES string of the molecule is CC(C)(C)NC(=O)CN1CCC(c2nc(-c3cccc(F)c3)no2)CC1. The molecule has 0 atom stereocenters. The molecule has 7 heteroatoms. The molecule has 1 aromatic carbocycles. The first kappa shape index (κ1) is 18.5. The topological polar surface area (TPSA) is 71.3 Å². The molecule has 0 spiro atoms. The number of halogens is 1. The number of carbonyl (C=O) groups excluding carboxylic acids is 1. The number of aromatic nitrogens is 2. The van der Waals surface area contributed by atoms with Crippen molar-refractivity contribution in [2.75, 3.05) is 19.6 Å². The number of rotatable bonds is 4. The van der Waals surface area contributed by atoms with Crippen molar-refractivity contribution in [2.45, 2.75) is 45.1 Å². The molecule has 140 valence electrons. The van der Waals surface area contributed by atoms with Crippen molar-refractivity contribution < 1.29 is 13.7 Å². The maximum atomic E-state index is 13.3. The number of hydrogen-bond acceptors (Lipinski definition) is 5. The second kappa shape index (κ2) is 7.53.